The molecule has 1 aromatic heterocycles. The first-order chi connectivity index (χ1) is 13.7. The number of nitriles is 1. The Kier molecular flexibility index (Phi) is 7.35. The van der Waals surface area contributed by atoms with E-state index >= 15 is 0 Å². The van der Waals surface area contributed by atoms with E-state index < -0.39 is 47.4 Å². The highest BCUT2D eigenvalue weighted by Crippen LogP contribution is 2.58. The van der Waals surface area contributed by atoms with Crippen molar-refractivity contribution in [1.29, 1.82) is 5.26 Å². The van der Waals surface area contributed by atoms with Gasteiger partial charge in [-0.05, 0) is 25.5 Å². The molecule has 5 unspecified atom stereocenters. The Morgan fingerprint density at radius 1 is 1.38 bits per heavy atom. The van der Waals surface area contributed by atoms with Gasteiger partial charge in [0.1, 0.15) is 17.6 Å². The highest BCUT2D eigenvalue weighted by atomic mass is 32.1. The molecule has 10 heteroatoms. The van der Waals surface area contributed by atoms with E-state index in [1.54, 1.807) is 13.0 Å². The predicted octanol–water partition coefficient (Wildman–Crippen LogP) is 1.56. The molecule has 0 bridgehead atoms. The Bertz CT molecular complexity index is 797. The average molecular weight is 427 g/mol. The van der Waals surface area contributed by atoms with Crippen LogP contribution in [0.2, 0.25) is 0 Å². The largest absolute Gasteiger partial charge is 0.481 e. The number of hydrogen-bond acceptors (Lipinski definition) is 7. The summed E-state index contributed by atoms with van der Waals surface area (Å²) in [5.41, 5.74) is 2.10. The van der Waals surface area contributed by atoms with Crippen LogP contribution in [0.5, 0.6) is 0 Å². The van der Waals surface area contributed by atoms with Gasteiger partial charge in [-0.15, -0.1) is 11.3 Å². The molecule has 0 aromatic carbocycles. The number of carboxylic acids is 2. The van der Waals surface area contributed by atoms with Gasteiger partial charge in [0.05, 0.1) is 30.1 Å². The van der Waals surface area contributed by atoms with Crippen molar-refractivity contribution >= 4 is 23.3 Å². The number of halogens is 1. The monoisotopic (exact) mass is 427 g/mol. The van der Waals surface area contributed by atoms with Crippen LogP contribution in [-0.4, -0.2) is 60.7 Å². The molecule has 0 saturated carbocycles. The zero-order valence-electron chi connectivity index (χ0n) is 16.4. The van der Waals surface area contributed by atoms with E-state index in [4.69, 9.17) is 10.5 Å². The SMILES string of the molecule is CCC1(C(=O)O)C(COCCN)NC(CF)C(C)(C(=O)O)C1c1ccc(C#N)s1. The van der Waals surface area contributed by atoms with Crippen LogP contribution >= 0.6 is 11.3 Å². The summed E-state index contributed by atoms with van der Waals surface area (Å²) in [5, 5.41) is 32.5. The van der Waals surface area contributed by atoms with Crippen molar-refractivity contribution in [1.82, 2.24) is 5.32 Å². The summed E-state index contributed by atoms with van der Waals surface area (Å²) in [6.45, 7) is 2.40. The molecule has 1 aliphatic rings. The van der Waals surface area contributed by atoms with Crippen molar-refractivity contribution in [3.05, 3.63) is 21.9 Å². The van der Waals surface area contributed by atoms with Gasteiger partial charge in [0.15, 0.2) is 0 Å². The number of aliphatic carboxylic acids is 2. The maximum atomic E-state index is 14.0. The standard InChI is InChI=1S/C19H26FN3O5S/c1-3-19(17(26)27)14(10-28-7-6-21)23-13(8-20)18(2,16(24)25)15(19)12-5-4-11(9-22)29-12/h4-5,13-15,23H,3,6-8,10,21H2,1-2H3,(H,24,25)(H,26,27). The highest BCUT2D eigenvalue weighted by molar-refractivity contribution is 7.12. The molecule has 5 N–H and O–H groups in total. The number of alkyl halides is 1. The van der Waals surface area contributed by atoms with Crippen LogP contribution in [0.4, 0.5) is 4.39 Å². The summed E-state index contributed by atoms with van der Waals surface area (Å²) in [7, 11) is 0. The molecule has 2 heterocycles. The lowest BCUT2D eigenvalue weighted by molar-refractivity contribution is -0.175. The molecule has 1 aliphatic heterocycles. The van der Waals surface area contributed by atoms with Crippen LogP contribution in [0.15, 0.2) is 12.1 Å². The lowest BCUT2D eigenvalue weighted by Gasteiger charge is -2.56. The van der Waals surface area contributed by atoms with Gasteiger partial charge < -0.3 is 26.0 Å². The van der Waals surface area contributed by atoms with Crippen molar-refractivity contribution in [2.75, 3.05) is 26.4 Å². The van der Waals surface area contributed by atoms with Crippen molar-refractivity contribution in [3.63, 3.8) is 0 Å². The second-order valence-corrected chi connectivity index (χ2v) is 8.44. The molecular formula is C19H26FN3O5S. The molecule has 1 fully saturated rings. The van der Waals surface area contributed by atoms with E-state index in [0.717, 1.165) is 11.3 Å². The molecule has 0 aliphatic carbocycles. The number of nitrogens with one attached hydrogen (secondary N) is 1. The molecule has 1 saturated heterocycles. The fourth-order valence-corrected chi connectivity index (χ4v) is 5.60. The van der Waals surface area contributed by atoms with Gasteiger partial charge in [0.25, 0.3) is 0 Å². The molecule has 1 aromatic rings. The third kappa shape index (κ3) is 3.75. The van der Waals surface area contributed by atoms with Gasteiger partial charge in [-0.2, -0.15) is 5.26 Å². The van der Waals surface area contributed by atoms with Crippen molar-refractivity contribution < 1.29 is 28.9 Å². The number of rotatable bonds is 9. The van der Waals surface area contributed by atoms with Crippen molar-refractivity contribution in [2.24, 2.45) is 16.6 Å². The third-order valence-corrected chi connectivity index (χ3v) is 7.08. The average Bonchev–Trinajstić information content (AvgIpc) is 3.16. The highest BCUT2D eigenvalue weighted by Gasteiger charge is 2.66. The normalized spacial score (nSPS) is 31.9. The lowest BCUT2D eigenvalue weighted by atomic mass is 9.52. The number of hydrogen-bond donors (Lipinski definition) is 4. The fraction of sp³-hybridized carbons (Fsp3) is 0.632. The molecular weight excluding hydrogens is 401 g/mol. The summed E-state index contributed by atoms with van der Waals surface area (Å²) in [5.74, 6) is -3.57. The van der Waals surface area contributed by atoms with Crippen LogP contribution < -0.4 is 11.1 Å². The number of piperidine rings is 1. The summed E-state index contributed by atoms with van der Waals surface area (Å²) >= 11 is 1.04. The summed E-state index contributed by atoms with van der Waals surface area (Å²) in [6.07, 6.45) is 0.0817. The van der Waals surface area contributed by atoms with Gasteiger partial charge in [-0.1, -0.05) is 6.92 Å². The first kappa shape index (κ1) is 23.2. The van der Waals surface area contributed by atoms with Crippen LogP contribution in [0, 0.1) is 22.2 Å². The van der Waals surface area contributed by atoms with Gasteiger partial charge in [0.2, 0.25) is 0 Å². The molecule has 29 heavy (non-hydrogen) atoms. The number of nitrogens with zero attached hydrogens (tertiary/aromatic N) is 1. The van der Waals surface area contributed by atoms with E-state index in [1.807, 2.05) is 6.07 Å². The van der Waals surface area contributed by atoms with E-state index in [1.165, 1.54) is 13.0 Å². The smallest absolute Gasteiger partial charge is 0.312 e. The van der Waals surface area contributed by atoms with E-state index in [9.17, 15) is 29.5 Å². The van der Waals surface area contributed by atoms with Crippen LogP contribution in [0.3, 0.4) is 0 Å². The minimum atomic E-state index is -1.76. The summed E-state index contributed by atoms with van der Waals surface area (Å²) < 4.78 is 19.5. The Balaban J connectivity index is 2.74. The second-order valence-electron chi connectivity index (χ2n) is 7.32. The molecule has 0 radical (unpaired) electrons. The van der Waals surface area contributed by atoms with Crippen LogP contribution in [0.1, 0.15) is 35.9 Å². The molecule has 5 atom stereocenters. The Labute approximate surface area is 172 Å². The van der Waals surface area contributed by atoms with Crippen LogP contribution in [-0.2, 0) is 14.3 Å². The van der Waals surface area contributed by atoms with Crippen molar-refractivity contribution in [2.45, 2.75) is 38.3 Å². The van der Waals surface area contributed by atoms with Crippen LogP contribution in [0.25, 0.3) is 0 Å². The number of nitrogens with two attached hydrogens (primary N) is 1. The maximum absolute atomic E-state index is 14.0. The Morgan fingerprint density at radius 2 is 2.07 bits per heavy atom. The predicted molar refractivity (Wildman–Crippen MR) is 104 cm³/mol. The number of carbonyl (C=O) groups is 2. The van der Waals surface area contributed by atoms with Gasteiger partial charge in [-0.25, -0.2) is 4.39 Å². The zero-order chi connectivity index (χ0) is 21.8. The van der Waals surface area contributed by atoms with Gasteiger partial charge in [0, 0.05) is 23.4 Å². The molecule has 160 valence electrons. The molecule has 2 rings (SSSR count). The van der Waals surface area contributed by atoms with E-state index in [-0.39, 0.29) is 26.2 Å². The first-order valence-corrected chi connectivity index (χ1v) is 10.1. The number of thiophene rings is 1. The van der Waals surface area contributed by atoms with Gasteiger partial charge >= 0.3 is 11.9 Å². The minimum absolute atomic E-state index is 0.0590. The maximum Gasteiger partial charge on any atom is 0.312 e. The van der Waals surface area contributed by atoms with Crippen molar-refractivity contribution in [3.8, 4) is 6.07 Å². The summed E-state index contributed by atoms with van der Waals surface area (Å²) in [6, 6.07) is 3.11. The number of carboxylic acid groups (broad SMARTS) is 2. The number of ether oxygens (including phenoxy) is 1. The fourth-order valence-electron chi connectivity index (χ4n) is 4.45. The molecule has 8 nitrogen and oxygen atoms in total. The second kappa shape index (κ2) is 9.17. The first-order valence-electron chi connectivity index (χ1n) is 9.30. The van der Waals surface area contributed by atoms with E-state index in [0.29, 0.717) is 9.75 Å². The Morgan fingerprint density at radius 3 is 2.52 bits per heavy atom. The molecule has 0 amide bonds. The topological polar surface area (TPSA) is 146 Å². The molecule has 0 spiro atoms. The van der Waals surface area contributed by atoms with E-state index in [2.05, 4.69) is 5.32 Å². The quantitative estimate of drug-likeness (QED) is 0.434. The Hall–Kier alpha value is -2.06. The minimum Gasteiger partial charge on any atom is -0.481 e. The van der Waals surface area contributed by atoms with Gasteiger partial charge in [-0.3, -0.25) is 9.59 Å². The third-order valence-electron chi connectivity index (χ3n) is 6.03. The summed E-state index contributed by atoms with van der Waals surface area (Å²) in [4.78, 5) is 25.8. The lowest BCUT2D eigenvalue weighted by Crippen LogP contribution is -2.71. The zero-order valence-corrected chi connectivity index (χ0v) is 17.2.